The molecule has 15 heavy (non-hydrogen) atoms. The predicted octanol–water partition coefficient (Wildman–Crippen LogP) is 0.0933. The average Bonchev–Trinajstić information content (AvgIpc) is 2.20. The molecule has 7 heteroatoms. The number of carbonyl (C=O) groups is 3. The summed E-state index contributed by atoms with van der Waals surface area (Å²) in [4.78, 5) is 34.7. The molecule has 1 N–H and O–H groups in total. The lowest BCUT2D eigenvalue weighted by molar-refractivity contribution is -0.164. The molecule has 1 rings (SSSR count). The molecule has 1 unspecified atom stereocenters. The first-order valence-electron chi connectivity index (χ1n) is 4.35. The van der Waals surface area contributed by atoms with Crippen LogP contribution in [-0.4, -0.2) is 33.9 Å². The molecule has 0 aliphatic carbocycles. The van der Waals surface area contributed by atoms with E-state index in [2.05, 4.69) is 12.6 Å². The van der Waals surface area contributed by atoms with Gasteiger partial charge in [-0.2, -0.15) is 0 Å². The molecule has 0 aromatic rings. The number of amides is 3. The number of nitrogens with zero attached hydrogens (tertiary/aromatic N) is 1. The highest BCUT2D eigenvalue weighted by Crippen LogP contribution is 2.29. The van der Waals surface area contributed by atoms with Crippen molar-refractivity contribution in [3.8, 4) is 0 Å². The topological polar surface area (TPSA) is 75.7 Å². The minimum atomic E-state index is -1.84. The summed E-state index contributed by atoms with van der Waals surface area (Å²) in [5.74, 6) is -1.43. The summed E-state index contributed by atoms with van der Waals surface area (Å²) in [7, 11) is 0. The smallest absolute Gasteiger partial charge is 0.328 e. The minimum Gasteiger partial charge on any atom is -0.420 e. The zero-order chi connectivity index (χ0) is 11.8. The predicted molar refractivity (Wildman–Crippen MR) is 54.0 cm³/mol. The van der Waals surface area contributed by atoms with Gasteiger partial charge in [0.05, 0.1) is 0 Å². The van der Waals surface area contributed by atoms with Gasteiger partial charge in [0, 0.05) is 13.0 Å². The van der Waals surface area contributed by atoms with Crippen LogP contribution in [0.1, 0.15) is 20.8 Å². The maximum absolute atomic E-state index is 11.4. The molecule has 1 aliphatic heterocycles. The van der Waals surface area contributed by atoms with Crippen molar-refractivity contribution >= 4 is 30.5 Å². The molecular formula is C8H12N2O4S. The fourth-order valence-corrected chi connectivity index (χ4v) is 1.87. The molecule has 1 atom stereocenters. The van der Waals surface area contributed by atoms with E-state index in [1.165, 1.54) is 0 Å². The van der Waals surface area contributed by atoms with Crippen LogP contribution in [0.25, 0.3) is 0 Å². The van der Waals surface area contributed by atoms with Crippen molar-refractivity contribution in [3.05, 3.63) is 0 Å². The first-order valence-corrected chi connectivity index (χ1v) is 4.80. The van der Waals surface area contributed by atoms with Gasteiger partial charge in [0.2, 0.25) is 0 Å². The Labute approximate surface area is 92.4 Å². The highest BCUT2D eigenvalue weighted by molar-refractivity contribution is 7.82. The van der Waals surface area contributed by atoms with Gasteiger partial charge in [-0.1, -0.05) is 12.6 Å². The molecule has 1 heterocycles. The number of hydrogen-bond donors (Lipinski definition) is 2. The molecule has 0 aromatic carbocycles. The molecule has 0 bridgehead atoms. The van der Waals surface area contributed by atoms with Crippen molar-refractivity contribution in [2.24, 2.45) is 0 Å². The maximum atomic E-state index is 11.4. The molecule has 3 amide bonds. The molecule has 0 saturated carbocycles. The third kappa shape index (κ3) is 1.92. The second-order valence-electron chi connectivity index (χ2n) is 3.42. The van der Waals surface area contributed by atoms with Gasteiger partial charge in [-0.25, -0.2) is 4.79 Å². The first-order chi connectivity index (χ1) is 6.79. The summed E-state index contributed by atoms with van der Waals surface area (Å²) < 4.78 is 4.77. The summed E-state index contributed by atoms with van der Waals surface area (Å²) in [6.07, 6.45) is 0. The van der Waals surface area contributed by atoms with E-state index in [1.807, 2.05) is 5.32 Å². The zero-order valence-electron chi connectivity index (χ0n) is 8.60. The Morgan fingerprint density at radius 1 is 1.53 bits per heavy atom. The molecule has 84 valence electrons. The number of ether oxygens (including phenoxy) is 1. The van der Waals surface area contributed by atoms with Gasteiger partial charge in [0.1, 0.15) is 0 Å². The monoisotopic (exact) mass is 232 g/mol. The first kappa shape index (κ1) is 11.8. The highest BCUT2D eigenvalue weighted by Gasteiger charge is 2.54. The quantitative estimate of drug-likeness (QED) is 0.306. The van der Waals surface area contributed by atoms with Crippen LogP contribution in [0.5, 0.6) is 0 Å². The molecule has 0 spiro atoms. The molecule has 0 aromatic heterocycles. The Bertz CT molecular complexity index is 331. The van der Waals surface area contributed by atoms with E-state index >= 15 is 0 Å². The minimum absolute atomic E-state index is 0.312. The molecular weight excluding hydrogens is 220 g/mol. The molecule has 1 fully saturated rings. The SMILES string of the molecule is CC(=O)OC1(S)C(=O)NC(=O)N1C(C)C. The molecule has 0 radical (unpaired) electrons. The Morgan fingerprint density at radius 3 is 2.47 bits per heavy atom. The molecule has 6 nitrogen and oxygen atoms in total. The van der Waals surface area contributed by atoms with Crippen molar-refractivity contribution in [1.29, 1.82) is 0 Å². The Hall–Kier alpha value is -1.24. The highest BCUT2D eigenvalue weighted by atomic mass is 32.1. The lowest BCUT2D eigenvalue weighted by atomic mass is 10.3. The zero-order valence-corrected chi connectivity index (χ0v) is 9.50. The van der Waals surface area contributed by atoms with Gasteiger partial charge in [-0.15, -0.1) is 0 Å². The van der Waals surface area contributed by atoms with Gasteiger partial charge in [-0.3, -0.25) is 19.8 Å². The van der Waals surface area contributed by atoms with E-state index < -0.39 is 23.0 Å². The molecule has 1 saturated heterocycles. The number of urea groups is 1. The van der Waals surface area contributed by atoms with Crippen LogP contribution in [0.15, 0.2) is 0 Å². The second-order valence-corrected chi connectivity index (χ2v) is 4.03. The van der Waals surface area contributed by atoms with Crippen molar-refractivity contribution in [2.45, 2.75) is 31.9 Å². The van der Waals surface area contributed by atoms with Crippen molar-refractivity contribution < 1.29 is 19.1 Å². The van der Waals surface area contributed by atoms with Crippen LogP contribution in [0.2, 0.25) is 0 Å². The number of carbonyl (C=O) groups excluding carboxylic acids is 3. The van der Waals surface area contributed by atoms with Crippen molar-refractivity contribution in [2.75, 3.05) is 0 Å². The van der Waals surface area contributed by atoms with Gasteiger partial charge >= 0.3 is 23.0 Å². The number of imide groups is 1. The largest absolute Gasteiger partial charge is 0.420 e. The summed E-state index contributed by atoms with van der Waals surface area (Å²) >= 11 is 3.96. The normalized spacial score (nSPS) is 25.8. The van der Waals surface area contributed by atoms with Crippen molar-refractivity contribution in [3.63, 3.8) is 0 Å². The lowest BCUT2D eigenvalue weighted by Crippen LogP contribution is -2.51. The standard InChI is InChI=1S/C8H12N2O4S/c1-4(2)10-7(13)9-6(12)8(10,15)14-5(3)11/h4,15H,1-3H3,(H,9,12,13). The Kier molecular flexibility index (Phi) is 2.94. The third-order valence-corrected chi connectivity index (χ3v) is 2.37. The fraction of sp³-hybridized carbons (Fsp3) is 0.625. The number of hydrogen-bond acceptors (Lipinski definition) is 5. The van der Waals surface area contributed by atoms with Crippen LogP contribution in [0, 0.1) is 0 Å². The van der Waals surface area contributed by atoms with Crippen LogP contribution in [-0.2, 0) is 14.3 Å². The van der Waals surface area contributed by atoms with E-state index in [9.17, 15) is 14.4 Å². The van der Waals surface area contributed by atoms with Gasteiger partial charge in [0.15, 0.2) is 0 Å². The van der Waals surface area contributed by atoms with Crippen LogP contribution < -0.4 is 5.32 Å². The molecule has 1 aliphatic rings. The van der Waals surface area contributed by atoms with Crippen LogP contribution >= 0.6 is 12.6 Å². The summed E-state index contributed by atoms with van der Waals surface area (Å²) in [6, 6.07) is -0.931. The summed E-state index contributed by atoms with van der Waals surface area (Å²) in [5, 5.41) is 0.202. The van der Waals surface area contributed by atoms with Gasteiger partial charge < -0.3 is 4.74 Å². The average molecular weight is 232 g/mol. The van der Waals surface area contributed by atoms with Crippen LogP contribution in [0.3, 0.4) is 0 Å². The Balaban J connectivity index is 3.06. The third-order valence-electron chi connectivity index (χ3n) is 1.86. The van der Waals surface area contributed by atoms with Crippen LogP contribution in [0.4, 0.5) is 4.79 Å². The van der Waals surface area contributed by atoms with Gasteiger partial charge in [0.25, 0.3) is 0 Å². The van der Waals surface area contributed by atoms with Crippen molar-refractivity contribution in [1.82, 2.24) is 10.2 Å². The fourth-order valence-electron chi connectivity index (χ4n) is 1.37. The number of rotatable bonds is 2. The summed E-state index contributed by atoms with van der Waals surface area (Å²) in [6.45, 7) is 4.52. The van der Waals surface area contributed by atoms with E-state index in [1.54, 1.807) is 13.8 Å². The number of thiol groups is 1. The Morgan fingerprint density at radius 2 is 2.07 bits per heavy atom. The van der Waals surface area contributed by atoms with Gasteiger partial charge in [-0.05, 0) is 13.8 Å². The van der Waals surface area contributed by atoms with E-state index in [4.69, 9.17) is 4.74 Å². The van der Waals surface area contributed by atoms with E-state index in [-0.39, 0.29) is 6.04 Å². The second kappa shape index (κ2) is 3.73. The number of nitrogens with one attached hydrogen (secondary N) is 1. The maximum Gasteiger partial charge on any atom is 0.328 e. The summed E-state index contributed by atoms with van der Waals surface area (Å²) in [5.41, 5.74) is 0. The van der Waals surface area contributed by atoms with E-state index in [0.29, 0.717) is 0 Å². The number of esters is 1. The lowest BCUT2D eigenvalue weighted by Gasteiger charge is -2.32. The van der Waals surface area contributed by atoms with E-state index in [0.717, 1.165) is 11.8 Å².